The molecule has 162 valence electrons. The third kappa shape index (κ3) is 5.52. The van der Waals surface area contributed by atoms with Crippen molar-refractivity contribution in [2.24, 2.45) is 0 Å². The Hall–Kier alpha value is -2.68. The summed E-state index contributed by atoms with van der Waals surface area (Å²) in [6, 6.07) is 15.0. The highest BCUT2D eigenvalue weighted by atomic mass is 32.2. The molecule has 0 atom stereocenters. The number of carbonyl (C=O) groups excluding carboxylic acids is 1. The van der Waals surface area contributed by atoms with Crippen LogP contribution in [0.3, 0.4) is 0 Å². The molecule has 0 bridgehead atoms. The van der Waals surface area contributed by atoms with Crippen molar-refractivity contribution in [3.63, 3.8) is 0 Å². The zero-order valence-corrected chi connectivity index (χ0v) is 18.4. The molecule has 1 aliphatic heterocycles. The molecule has 31 heavy (non-hydrogen) atoms. The van der Waals surface area contributed by atoms with Gasteiger partial charge >= 0.3 is 0 Å². The maximum atomic E-state index is 13.2. The fourth-order valence-electron chi connectivity index (χ4n) is 3.49. The van der Waals surface area contributed by atoms with Crippen LogP contribution in [0.5, 0.6) is 0 Å². The summed E-state index contributed by atoms with van der Waals surface area (Å²) in [6.07, 6.45) is 0. The van der Waals surface area contributed by atoms with E-state index in [0.717, 1.165) is 30.9 Å². The number of para-hydroxylation sites is 1. The molecule has 1 fully saturated rings. The zero-order chi connectivity index (χ0) is 21.6. The van der Waals surface area contributed by atoms with Crippen molar-refractivity contribution < 1.29 is 9.53 Å². The van der Waals surface area contributed by atoms with E-state index in [1.54, 1.807) is 10.6 Å². The number of anilines is 1. The van der Waals surface area contributed by atoms with E-state index in [1.165, 1.54) is 11.8 Å². The molecular formula is C23H26N4O3S. The lowest BCUT2D eigenvalue weighted by molar-refractivity contribution is -0.113. The molecule has 7 nitrogen and oxygen atoms in total. The van der Waals surface area contributed by atoms with Gasteiger partial charge in [-0.05, 0) is 31.2 Å². The minimum atomic E-state index is -0.129. The molecule has 1 saturated heterocycles. The third-order valence-electron chi connectivity index (χ3n) is 5.24. The number of thioether (sulfide) groups is 1. The maximum Gasteiger partial charge on any atom is 0.262 e. The van der Waals surface area contributed by atoms with E-state index in [-0.39, 0.29) is 17.2 Å². The van der Waals surface area contributed by atoms with Crippen LogP contribution in [0.1, 0.15) is 5.56 Å². The quantitative estimate of drug-likeness (QED) is 0.452. The number of aromatic nitrogens is 2. The van der Waals surface area contributed by atoms with Crippen LogP contribution >= 0.6 is 11.8 Å². The van der Waals surface area contributed by atoms with E-state index in [4.69, 9.17) is 9.72 Å². The number of aryl methyl sites for hydroxylation is 1. The lowest BCUT2D eigenvalue weighted by atomic mass is 10.2. The Bertz CT molecular complexity index is 1110. The lowest BCUT2D eigenvalue weighted by Gasteiger charge is -2.27. The number of morpholine rings is 1. The molecule has 1 amide bonds. The van der Waals surface area contributed by atoms with Gasteiger partial charge in [0.1, 0.15) is 0 Å². The Morgan fingerprint density at radius 2 is 1.84 bits per heavy atom. The lowest BCUT2D eigenvalue weighted by Crippen LogP contribution is -2.39. The van der Waals surface area contributed by atoms with Crippen LogP contribution in [-0.4, -0.2) is 59.0 Å². The third-order valence-corrected chi connectivity index (χ3v) is 6.21. The van der Waals surface area contributed by atoms with Crippen molar-refractivity contribution in [1.29, 1.82) is 0 Å². The molecule has 0 radical (unpaired) electrons. The van der Waals surface area contributed by atoms with Gasteiger partial charge in [-0.15, -0.1) is 0 Å². The number of benzene rings is 2. The highest BCUT2D eigenvalue weighted by Gasteiger charge is 2.16. The minimum Gasteiger partial charge on any atom is -0.379 e. The van der Waals surface area contributed by atoms with Gasteiger partial charge in [-0.25, -0.2) is 4.98 Å². The molecule has 1 aromatic heterocycles. The van der Waals surface area contributed by atoms with Gasteiger partial charge in [0.05, 0.1) is 29.9 Å². The van der Waals surface area contributed by atoms with Gasteiger partial charge in [0, 0.05) is 31.9 Å². The largest absolute Gasteiger partial charge is 0.379 e. The summed E-state index contributed by atoms with van der Waals surface area (Å²) >= 11 is 1.29. The number of hydrogen-bond donors (Lipinski definition) is 1. The normalized spacial score (nSPS) is 14.6. The summed E-state index contributed by atoms with van der Waals surface area (Å²) in [5.41, 5.74) is 2.47. The SMILES string of the molecule is Cc1ccc(NC(=O)CSc2nc3ccccc3c(=O)n2CCN2CCOCC2)cc1. The van der Waals surface area contributed by atoms with E-state index in [9.17, 15) is 9.59 Å². The second kappa shape index (κ2) is 10.1. The molecule has 8 heteroatoms. The molecule has 1 N–H and O–H groups in total. The summed E-state index contributed by atoms with van der Waals surface area (Å²) in [5.74, 6) is 0.0481. The van der Waals surface area contributed by atoms with Crippen LogP contribution in [0.2, 0.25) is 0 Å². The summed E-state index contributed by atoms with van der Waals surface area (Å²) in [4.78, 5) is 32.6. The topological polar surface area (TPSA) is 76.5 Å². The van der Waals surface area contributed by atoms with Crippen LogP contribution in [0.25, 0.3) is 10.9 Å². The monoisotopic (exact) mass is 438 g/mol. The number of fused-ring (bicyclic) bond motifs is 1. The molecule has 0 spiro atoms. The molecule has 0 saturated carbocycles. The number of ether oxygens (including phenoxy) is 1. The van der Waals surface area contributed by atoms with Gasteiger partial charge in [0.15, 0.2) is 5.16 Å². The van der Waals surface area contributed by atoms with Crippen LogP contribution in [-0.2, 0) is 16.1 Å². The van der Waals surface area contributed by atoms with E-state index in [2.05, 4.69) is 10.2 Å². The van der Waals surface area contributed by atoms with Crippen molar-refractivity contribution in [3.05, 3.63) is 64.4 Å². The summed E-state index contributed by atoms with van der Waals surface area (Å²) in [6.45, 7) is 6.42. The van der Waals surface area contributed by atoms with Crippen molar-refractivity contribution in [3.8, 4) is 0 Å². The minimum absolute atomic E-state index is 0.0692. The van der Waals surface area contributed by atoms with Crippen LogP contribution in [0, 0.1) is 6.92 Å². The Labute approximate surface area is 185 Å². The first-order chi connectivity index (χ1) is 15.1. The summed E-state index contributed by atoms with van der Waals surface area (Å²) in [7, 11) is 0. The fourth-order valence-corrected chi connectivity index (χ4v) is 4.31. The van der Waals surface area contributed by atoms with Gasteiger partial charge in [0.2, 0.25) is 5.91 Å². The van der Waals surface area contributed by atoms with Gasteiger partial charge in [0.25, 0.3) is 5.56 Å². The van der Waals surface area contributed by atoms with Crippen molar-refractivity contribution in [1.82, 2.24) is 14.5 Å². The van der Waals surface area contributed by atoms with Crippen LogP contribution in [0.4, 0.5) is 5.69 Å². The average Bonchev–Trinajstić information content (AvgIpc) is 2.79. The Balaban J connectivity index is 1.51. The number of carbonyl (C=O) groups is 1. The molecule has 1 aliphatic rings. The first kappa shape index (κ1) is 21.5. The second-order valence-corrected chi connectivity index (χ2v) is 8.47. The number of nitrogens with one attached hydrogen (secondary N) is 1. The van der Waals surface area contributed by atoms with E-state index in [1.807, 2.05) is 49.4 Å². The second-order valence-electron chi connectivity index (χ2n) is 7.53. The van der Waals surface area contributed by atoms with Gasteiger partial charge in [-0.3, -0.25) is 19.1 Å². The number of amides is 1. The number of nitrogens with zero attached hydrogens (tertiary/aromatic N) is 3. The first-order valence-electron chi connectivity index (χ1n) is 10.4. The van der Waals surface area contributed by atoms with Gasteiger partial charge in [-0.2, -0.15) is 0 Å². The molecule has 3 aromatic rings. The van der Waals surface area contributed by atoms with Crippen molar-refractivity contribution in [2.75, 3.05) is 43.9 Å². The van der Waals surface area contributed by atoms with E-state index in [0.29, 0.717) is 35.8 Å². The molecule has 0 unspecified atom stereocenters. The molecule has 0 aliphatic carbocycles. The number of rotatable bonds is 7. The van der Waals surface area contributed by atoms with Crippen LogP contribution in [0.15, 0.2) is 58.5 Å². The van der Waals surface area contributed by atoms with Gasteiger partial charge in [-0.1, -0.05) is 41.6 Å². The van der Waals surface area contributed by atoms with E-state index < -0.39 is 0 Å². The summed E-state index contributed by atoms with van der Waals surface area (Å²) in [5, 5.41) is 4.06. The van der Waals surface area contributed by atoms with E-state index >= 15 is 0 Å². The molecule has 2 heterocycles. The smallest absolute Gasteiger partial charge is 0.262 e. The fraction of sp³-hybridized carbons (Fsp3) is 0.348. The zero-order valence-electron chi connectivity index (χ0n) is 17.5. The Morgan fingerprint density at radius 1 is 1.10 bits per heavy atom. The highest BCUT2D eigenvalue weighted by Crippen LogP contribution is 2.19. The predicted molar refractivity (Wildman–Crippen MR) is 124 cm³/mol. The van der Waals surface area contributed by atoms with Gasteiger partial charge < -0.3 is 10.1 Å². The first-order valence-corrected chi connectivity index (χ1v) is 11.4. The maximum absolute atomic E-state index is 13.2. The standard InChI is InChI=1S/C23H26N4O3S/c1-17-6-8-18(9-7-17)24-21(28)16-31-23-25-20-5-3-2-4-19(20)22(29)27(23)11-10-26-12-14-30-15-13-26/h2-9H,10-16H2,1H3,(H,24,28). The number of hydrogen-bond acceptors (Lipinski definition) is 6. The Morgan fingerprint density at radius 3 is 2.61 bits per heavy atom. The average molecular weight is 439 g/mol. The van der Waals surface area contributed by atoms with Crippen LogP contribution < -0.4 is 10.9 Å². The summed E-state index contributed by atoms with van der Waals surface area (Å²) < 4.78 is 7.10. The molecule has 4 rings (SSSR count). The Kier molecular flexibility index (Phi) is 7.01. The predicted octanol–water partition coefficient (Wildman–Crippen LogP) is 2.77. The van der Waals surface area contributed by atoms with Crippen molar-refractivity contribution in [2.45, 2.75) is 18.6 Å². The highest BCUT2D eigenvalue weighted by molar-refractivity contribution is 7.99. The molecule has 2 aromatic carbocycles. The molecular weight excluding hydrogens is 412 g/mol. The van der Waals surface area contributed by atoms with Crippen molar-refractivity contribution >= 4 is 34.3 Å².